The zero-order valence-electron chi connectivity index (χ0n) is 23.6. The summed E-state index contributed by atoms with van der Waals surface area (Å²) in [4.78, 5) is 47.4. The van der Waals surface area contributed by atoms with Gasteiger partial charge in [-0.3, -0.25) is 10.1 Å². The van der Waals surface area contributed by atoms with E-state index >= 15 is 0 Å². The van der Waals surface area contributed by atoms with Crippen molar-refractivity contribution in [2.75, 3.05) is 41.7 Å². The lowest BCUT2D eigenvalue weighted by molar-refractivity contribution is 0.0240. The number of ether oxygens (including phenoxy) is 2. The Kier molecular flexibility index (Phi) is 8.69. The predicted octanol–water partition coefficient (Wildman–Crippen LogP) is 6.53. The average Bonchev–Trinajstić information content (AvgIpc) is 3.56. The van der Waals surface area contributed by atoms with E-state index < -0.39 is 23.2 Å². The standard InChI is InChI=1S/C28H35N5O5S2/c1-27(2,3)37-25(35)31-19-10-9-18(22-8-7-15-39-22)16-20(19)29-23(34)21-17-40-24(30-21)32-11-13-33(14-12-32)26(36)38-28(4,5)6/h7-10,15-17H,11-14H2,1-6H3,(H,29,34)(H,31,35). The van der Waals surface area contributed by atoms with E-state index in [1.54, 1.807) is 48.5 Å². The summed E-state index contributed by atoms with van der Waals surface area (Å²) in [6.07, 6.45) is -0.944. The van der Waals surface area contributed by atoms with E-state index in [9.17, 15) is 14.4 Å². The molecular weight excluding hydrogens is 550 g/mol. The van der Waals surface area contributed by atoms with Gasteiger partial charge < -0.3 is 24.6 Å². The Hall–Kier alpha value is -3.64. The second-order valence-corrected chi connectivity index (χ2v) is 13.1. The highest BCUT2D eigenvalue weighted by molar-refractivity contribution is 7.14. The molecule has 3 heterocycles. The molecule has 40 heavy (non-hydrogen) atoms. The first-order valence-electron chi connectivity index (χ1n) is 12.9. The molecule has 0 radical (unpaired) electrons. The number of hydrogen-bond acceptors (Lipinski definition) is 9. The fourth-order valence-corrected chi connectivity index (χ4v) is 5.46. The van der Waals surface area contributed by atoms with Crippen LogP contribution in [0.1, 0.15) is 52.0 Å². The van der Waals surface area contributed by atoms with E-state index in [1.807, 2.05) is 50.4 Å². The van der Waals surface area contributed by atoms with Gasteiger partial charge in [0.05, 0.1) is 11.4 Å². The van der Waals surface area contributed by atoms with Gasteiger partial charge in [-0.1, -0.05) is 12.1 Å². The van der Waals surface area contributed by atoms with Gasteiger partial charge >= 0.3 is 12.2 Å². The molecule has 0 unspecified atom stereocenters. The van der Waals surface area contributed by atoms with Crippen molar-refractivity contribution in [2.45, 2.75) is 52.7 Å². The van der Waals surface area contributed by atoms with Gasteiger partial charge in [-0.05, 0) is 70.7 Å². The van der Waals surface area contributed by atoms with E-state index in [4.69, 9.17) is 9.47 Å². The number of hydrogen-bond donors (Lipinski definition) is 2. The van der Waals surface area contributed by atoms with Gasteiger partial charge in [-0.25, -0.2) is 14.6 Å². The van der Waals surface area contributed by atoms with Crippen molar-refractivity contribution in [3.8, 4) is 10.4 Å². The van der Waals surface area contributed by atoms with Crippen LogP contribution < -0.4 is 15.5 Å². The van der Waals surface area contributed by atoms with Gasteiger partial charge in [0.1, 0.15) is 16.9 Å². The maximum absolute atomic E-state index is 13.3. The number of piperazine rings is 1. The summed E-state index contributed by atoms with van der Waals surface area (Å²) in [7, 11) is 0. The van der Waals surface area contributed by atoms with Crippen LogP contribution in [0.2, 0.25) is 0 Å². The Morgan fingerprint density at radius 3 is 2.20 bits per heavy atom. The molecule has 12 heteroatoms. The second kappa shape index (κ2) is 11.8. The van der Waals surface area contributed by atoms with Gasteiger partial charge in [0.2, 0.25) is 0 Å². The van der Waals surface area contributed by atoms with Crippen molar-refractivity contribution in [3.63, 3.8) is 0 Å². The van der Waals surface area contributed by atoms with E-state index in [2.05, 4.69) is 20.5 Å². The summed E-state index contributed by atoms with van der Waals surface area (Å²) < 4.78 is 10.9. The summed E-state index contributed by atoms with van der Waals surface area (Å²) in [5, 5.41) is 10.0. The summed E-state index contributed by atoms with van der Waals surface area (Å²) in [5.74, 6) is -0.398. The van der Waals surface area contributed by atoms with Crippen LogP contribution in [0.25, 0.3) is 10.4 Å². The first-order chi connectivity index (χ1) is 18.8. The lowest BCUT2D eigenvalue weighted by Gasteiger charge is -2.35. The highest BCUT2D eigenvalue weighted by Gasteiger charge is 2.27. The fraction of sp³-hybridized carbons (Fsp3) is 0.429. The molecule has 0 aliphatic carbocycles. The topological polar surface area (TPSA) is 113 Å². The minimum Gasteiger partial charge on any atom is -0.444 e. The Balaban J connectivity index is 1.45. The highest BCUT2D eigenvalue weighted by Crippen LogP contribution is 2.33. The molecule has 10 nitrogen and oxygen atoms in total. The van der Waals surface area contributed by atoms with Crippen LogP contribution in [0.4, 0.5) is 26.1 Å². The zero-order valence-corrected chi connectivity index (χ0v) is 25.2. The molecular formula is C28H35N5O5S2. The number of thiophene rings is 1. The molecule has 1 saturated heterocycles. The van der Waals surface area contributed by atoms with Crippen LogP contribution in [-0.4, -0.2) is 65.4 Å². The number of benzene rings is 1. The Morgan fingerprint density at radius 2 is 1.57 bits per heavy atom. The lowest BCUT2D eigenvalue weighted by atomic mass is 10.1. The number of rotatable bonds is 5. The normalized spacial score (nSPS) is 14.1. The summed E-state index contributed by atoms with van der Waals surface area (Å²) in [6.45, 7) is 13.1. The number of anilines is 3. The average molecular weight is 586 g/mol. The molecule has 0 bridgehead atoms. The maximum atomic E-state index is 13.3. The number of amides is 3. The number of carbonyl (C=O) groups excluding carboxylic acids is 3. The third-order valence-corrected chi connectivity index (χ3v) is 7.46. The Morgan fingerprint density at radius 1 is 0.875 bits per heavy atom. The molecule has 214 valence electrons. The molecule has 0 spiro atoms. The molecule has 1 aliphatic rings. The van der Waals surface area contributed by atoms with E-state index in [1.165, 1.54) is 11.3 Å². The van der Waals surface area contributed by atoms with Crippen LogP contribution in [-0.2, 0) is 9.47 Å². The predicted molar refractivity (Wildman–Crippen MR) is 160 cm³/mol. The maximum Gasteiger partial charge on any atom is 0.412 e. The minimum atomic E-state index is -0.667. The molecule has 2 aromatic heterocycles. The van der Waals surface area contributed by atoms with Crippen LogP contribution >= 0.6 is 22.7 Å². The molecule has 1 fully saturated rings. The lowest BCUT2D eigenvalue weighted by Crippen LogP contribution is -2.50. The molecule has 3 amide bonds. The third kappa shape index (κ3) is 7.95. The molecule has 0 saturated carbocycles. The molecule has 4 rings (SSSR count). The van der Waals surface area contributed by atoms with Gasteiger partial charge in [-0.15, -0.1) is 22.7 Å². The Labute approximate surface area is 242 Å². The van der Waals surface area contributed by atoms with Crippen molar-refractivity contribution < 1.29 is 23.9 Å². The van der Waals surface area contributed by atoms with Crippen molar-refractivity contribution in [2.24, 2.45) is 0 Å². The minimum absolute atomic E-state index is 0.263. The smallest absolute Gasteiger partial charge is 0.412 e. The molecule has 0 atom stereocenters. The Bertz CT molecular complexity index is 1350. The van der Waals surface area contributed by atoms with Crippen LogP contribution in [0, 0.1) is 0 Å². The number of carbonyl (C=O) groups is 3. The van der Waals surface area contributed by atoms with Crippen LogP contribution in [0.15, 0.2) is 41.1 Å². The van der Waals surface area contributed by atoms with E-state index in [0.29, 0.717) is 42.7 Å². The van der Waals surface area contributed by atoms with Crippen molar-refractivity contribution >= 4 is 57.3 Å². The fourth-order valence-electron chi connectivity index (χ4n) is 3.87. The second-order valence-electron chi connectivity index (χ2n) is 11.3. The van der Waals surface area contributed by atoms with E-state index in [0.717, 1.165) is 10.4 Å². The molecule has 1 aliphatic heterocycles. The first-order valence-corrected chi connectivity index (χ1v) is 14.7. The van der Waals surface area contributed by atoms with Crippen LogP contribution in [0.5, 0.6) is 0 Å². The van der Waals surface area contributed by atoms with Gasteiger partial charge in [-0.2, -0.15) is 0 Å². The number of nitrogens with one attached hydrogen (secondary N) is 2. The number of thiazole rings is 1. The first kappa shape index (κ1) is 29.3. The number of aromatic nitrogens is 1. The van der Waals surface area contributed by atoms with Crippen LogP contribution in [0.3, 0.4) is 0 Å². The monoisotopic (exact) mass is 585 g/mol. The third-order valence-electron chi connectivity index (χ3n) is 5.64. The molecule has 2 N–H and O–H groups in total. The zero-order chi connectivity index (χ0) is 29.1. The van der Waals surface area contributed by atoms with Gasteiger partial charge in [0, 0.05) is 36.4 Å². The summed E-state index contributed by atoms with van der Waals surface area (Å²) in [5.41, 5.74) is 0.803. The SMILES string of the molecule is CC(C)(C)OC(=O)Nc1ccc(-c2cccs2)cc1NC(=O)c1csc(N2CCN(C(=O)OC(C)(C)C)CC2)n1. The highest BCUT2D eigenvalue weighted by atomic mass is 32.1. The van der Waals surface area contributed by atoms with Crippen molar-refractivity contribution in [1.82, 2.24) is 9.88 Å². The largest absolute Gasteiger partial charge is 0.444 e. The van der Waals surface area contributed by atoms with E-state index in [-0.39, 0.29) is 11.8 Å². The summed E-state index contributed by atoms with van der Waals surface area (Å²) in [6, 6.07) is 9.38. The molecule has 3 aromatic rings. The number of nitrogens with zero attached hydrogens (tertiary/aromatic N) is 3. The summed E-state index contributed by atoms with van der Waals surface area (Å²) >= 11 is 2.95. The van der Waals surface area contributed by atoms with Gasteiger partial charge in [0.25, 0.3) is 5.91 Å². The van der Waals surface area contributed by atoms with Crippen molar-refractivity contribution in [3.05, 3.63) is 46.8 Å². The van der Waals surface area contributed by atoms with Gasteiger partial charge in [0.15, 0.2) is 5.13 Å². The molecule has 1 aromatic carbocycles. The quantitative estimate of drug-likeness (QED) is 0.350. The van der Waals surface area contributed by atoms with Crippen molar-refractivity contribution in [1.29, 1.82) is 0 Å².